The van der Waals surface area contributed by atoms with Gasteiger partial charge in [-0.25, -0.2) is 0 Å². The number of likely N-dealkylation sites (tertiary alicyclic amines) is 1. The van der Waals surface area contributed by atoms with E-state index in [1.54, 1.807) is 23.1 Å². The summed E-state index contributed by atoms with van der Waals surface area (Å²) in [5.41, 5.74) is 3.35. The van der Waals surface area contributed by atoms with Crippen LogP contribution in [0.2, 0.25) is 0 Å². The third-order valence-electron chi connectivity index (χ3n) is 5.74. The second-order valence-corrected chi connectivity index (χ2v) is 9.39. The van der Waals surface area contributed by atoms with Crippen LogP contribution in [0.3, 0.4) is 0 Å². The zero-order valence-electron chi connectivity index (χ0n) is 20.4. The first-order valence-electron chi connectivity index (χ1n) is 11.3. The van der Waals surface area contributed by atoms with Gasteiger partial charge in [0.1, 0.15) is 11.5 Å². The molecule has 3 rings (SSSR count). The van der Waals surface area contributed by atoms with Crippen molar-refractivity contribution in [1.29, 1.82) is 0 Å². The number of hydrogen-bond acceptors (Lipinski definition) is 5. The first kappa shape index (κ1) is 24.5. The highest BCUT2D eigenvalue weighted by Crippen LogP contribution is 2.39. The lowest BCUT2D eigenvalue weighted by atomic mass is 9.94. The summed E-state index contributed by atoms with van der Waals surface area (Å²) in [5.74, 6) is -0.274. The quantitative estimate of drug-likeness (QED) is 0.368. The average molecular weight is 451 g/mol. The number of benzene rings is 2. The third kappa shape index (κ3) is 5.45. The summed E-state index contributed by atoms with van der Waals surface area (Å²) in [6.07, 6.45) is 0. The Morgan fingerprint density at radius 1 is 1.09 bits per heavy atom. The molecule has 0 saturated carbocycles. The number of amides is 1. The number of Topliss-reactive ketones (excluding diaryl/α,β-unsaturated/α-hetero) is 1. The minimum absolute atomic E-state index is 0.123. The molecule has 0 aromatic heterocycles. The lowest BCUT2D eigenvalue weighted by molar-refractivity contribution is -0.140. The summed E-state index contributed by atoms with van der Waals surface area (Å²) in [7, 11) is 3.84. The Kier molecular flexibility index (Phi) is 7.59. The van der Waals surface area contributed by atoms with E-state index < -0.39 is 17.7 Å². The fraction of sp³-hybridized carbons (Fsp3) is 0.407. The van der Waals surface area contributed by atoms with E-state index in [0.717, 1.165) is 22.4 Å². The van der Waals surface area contributed by atoms with Gasteiger partial charge in [-0.2, -0.15) is 0 Å². The van der Waals surface area contributed by atoms with Crippen LogP contribution in [0.1, 0.15) is 42.1 Å². The lowest BCUT2D eigenvalue weighted by Crippen LogP contribution is -2.35. The molecule has 1 aliphatic heterocycles. The molecule has 1 unspecified atom stereocenters. The molecule has 1 atom stereocenters. The molecule has 1 fully saturated rings. The second kappa shape index (κ2) is 10.2. The van der Waals surface area contributed by atoms with Crippen LogP contribution in [0.15, 0.2) is 48.0 Å². The summed E-state index contributed by atoms with van der Waals surface area (Å²) in [5, 5.41) is 11.3. The van der Waals surface area contributed by atoms with Gasteiger partial charge in [-0.3, -0.25) is 9.59 Å². The molecule has 33 heavy (non-hydrogen) atoms. The molecule has 6 nitrogen and oxygen atoms in total. The van der Waals surface area contributed by atoms with Crippen LogP contribution in [-0.4, -0.2) is 60.4 Å². The van der Waals surface area contributed by atoms with Crippen molar-refractivity contribution in [1.82, 2.24) is 9.80 Å². The van der Waals surface area contributed by atoms with Gasteiger partial charge >= 0.3 is 0 Å². The van der Waals surface area contributed by atoms with E-state index >= 15 is 0 Å². The van der Waals surface area contributed by atoms with Gasteiger partial charge in [0.15, 0.2) is 0 Å². The van der Waals surface area contributed by atoms with Crippen molar-refractivity contribution in [2.45, 2.75) is 33.7 Å². The molecular weight excluding hydrogens is 416 g/mol. The highest BCUT2D eigenvalue weighted by atomic mass is 16.5. The summed E-state index contributed by atoms with van der Waals surface area (Å²) in [6.45, 7) is 9.63. The van der Waals surface area contributed by atoms with Crippen LogP contribution in [0.25, 0.3) is 5.76 Å². The number of aliphatic hydroxyl groups excluding tert-OH is 1. The lowest BCUT2D eigenvalue weighted by Gasteiger charge is -2.26. The summed E-state index contributed by atoms with van der Waals surface area (Å²) in [4.78, 5) is 29.6. The van der Waals surface area contributed by atoms with Crippen molar-refractivity contribution in [3.8, 4) is 5.75 Å². The maximum Gasteiger partial charge on any atom is 0.295 e. The number of ether oxygens (including phenoxy) is 1. The molecule has 0 aliphatic carbocycles. The summed E-state index contributed by atoms with van der Waals surface area (Å²) in [6, 6.07) is 12.4. The number of carbonyl (C=O) groups excluding carboxylic acids is 2. The van der Waals surface area contributed by atoms with Crippen molar-refractivity contribution in [2.24, 2.45) is 5.92 Å². The Bertz CT molecular complexity index is 1050. The molecule has 2 aromatic carbocycles. The molecule has 6 heteroatoms. The molecule has 0 bridgehead atoms. The van der Waals surface area contributed by atoms with Crippen LogP contribution in [0, 0.1) is 19.8 Å². The zero-order chi connectivity index (χ0) is 24.3. The number of rotatable bonds is 8. The minimum atomic E-state index is -0.658. The Morgan fingerprint density at radius 2 is 1.76 bits per heavy atom. The smallest absolute Gasteiger partial charge is 0.295 e. The van der Waals surface area contributed by atoms with E-state index in [1.165, 1.54) is 0 Å². The average Bonchev–Trinajstić information content (AvgIpc) is 3.01. The van der Waals surface area contributed by atoms with E-state index in [9.17, 15) is 14.7 Å². The van der Waals surface area contributed by atoms with Crippen LogP contribution < -0.4 is 4.74 Å². The predicted octanol–water partition coefficient (Wildman–Crippen LogP) is 4.32. The highest BCUT2D eigenvalue weighted by molar-refractivity contribution is 6.46. The Morgan fingerprint density at radius 3 is 2.33 bits per heavy atom. The minimum Gasteiger partial charge on any atom is -0.507 e. The molecule has 1 saturated heterocycles. The second-order valence-electron chi connectivity index (χ2n) is 9.39. The van der Waals surface area contributed by atoms with Gasteiger partial charge in [0, 0.05) is 18.7 Å². The monoisotopic (exact) mass is 450 g/mol. The Labute approximate surface area is 196 Å². The van der Waals surface area contributed by atoms with Gasteiger partial charge in [-0.05, 0) is 63.2 Å². The number of nitrogens with zero attached hydrogens (tertiary/aromatic N) is 2. The molecular formula is C27H34N2O4. The van der Waals surface area contributed by atoms with Gasteiger partial charge < -0.3 is 19.6 Å². The molecule has 0 radical (unpaired) electrons. The maximum absolute atomic E-state index is 13.1. The number of ketones is 1. The predicted molar refractivity (Wildman–Crippen MR) is 130 cm³/mol. The molecule has 1 heterocycles. The standard InChI is InChI=1S/C27H34N2O4/c1-17(2)16-33-22-12-11-21(15-19(22)4)25(30)23-24(20-9-7-18(3)8-10-20)29(14-13-28(5)6)27(32)26(23)31/h7-12,15,17,24,30H,13-14,16H2,1-6H3. The first-order valence-corrected chi connectivity index (χ1v) is 11.3. The van der Waals surface area contributed by atoms with Gasteiger partial charge in [0.2, 0.25) is 0 Å². The number of likely N-dealkylation sites (N-methyl/N-ethyl adjacent to an activating group) is 1. The van der Waals surface area contributed by atoms with Crippen LogP contribution >= 0.6 is 0 Å². The van der Waals surface area contributed by atoms with Crippen molar-refractivity contribution < 1.29 is 19.4 Å². The Hall–Kier alpha value is -3.12. The van der Waals surface area contributed by atoms with Crippen LogP contribution in [0.4, 0.5) is 0 Å². The van der Waals surface area contributed by atoms with E-state index in [1.807, 2.05) is 57.1 Å². The largest absolute Gasteiger partial charge is 0.507 e. The molecule has 2 aromatic rings. The normalized spacial score (nSPS) is 17.9. The number of carbonyl (C=O) groups is 2. The number of aryl methyl sites for hydroxylation is 2. The number of aliphatic hydroxyl groups is 1. The molecule has 1 aliphatic rings. The van der Waals surface area contributed by atoms with Crippen LogP contribution in [0.5, 0.6) is 5.75 Å². The van der Waals surface area contributed by atoms with Crippen molar-refractivity contribution in [3.05, 3.63) is 70.3 Å². The van der Waals surface area contributed by atoms with Crippen LogP contribution in [-0.2, 0) is 9.59 Å². The summed E-state index contributed by atoms with van der Waals surface area (Å²) >= 11 is 0. The number of hydrogen-bond donors (Lipinski definition) is 1. The molecule has 1 N–H and O–H groups in total. The fourth-order valence-corrected chi connectivity index (χ4v) is 3.88. The summed E-state index contributed by atoms with van der Waals surface area (Å²) < 4.78 is 5.84. The van der Waals surface area contributed by atoms with Crippen molar-refractivity contribution in [3.63, 3.8) is 0 Å². The Balaban J connectivity index is 2.06. The van der Waals surface area contributed by atoms with Gasteiger partial charge in [-0.15, -0.1) is 0 Å². The molecule has 176 valence electrons. The molecule has 1 amide bonds. The topological polar surface area (TPSA) is 70.1 Å². The van der Waals surface area contributed by atoms with Crippen molar-refractivity contribution >= 4 is 17.4 Å². The maximum atomic E-state index is 13.1. The van der Waals surface area contributed by atoms with E-state index in [4.69, 9.17) is 4.74 Å². The van der Waals surface area contributed by atoms with E-state index in [0.29, 0.717) is 31.2 Å². The first-order chi connectivity index (χ1) is 15.6. The molecule has 0 spiro atoms. The SMILES string of the molecule is Cc1ccc(C2C(=C(O)c3ccc(OCC(C)C)c(C)c3)C(=O)C(=O)N2CCN(C)C)cc1. The fourth-order valence-electron chi connectivity index (χ4n) is 3.88. The van der Waals surface area contributed by atoms with Crippen molar-refractivity contribution in [2.75, 3.05) is 33.8 Å². The third-order valence-corrected chi connectivity index (χ3v) is 5.74. The van der Waals surface area contributed by atoms with Gasteiger partial charge in [0.05, 0.1) is 18.2 Å². The van der Waals surface area contributed by atoms with E-state index in [2.05, 4.69) is 13.8 Å². The van der Waals surface area contributed by atoms with Gasteiger partial charge in [0.25, 0.3) is 11.7 Å². The van der Waals surface area contributed by atoms with E-state index in [-0.39, 0.29) is 11.3 Å². The van der Waals surface area contributed by atoms with Gasteiger partial charge in [-0.1, -0.05) is 43.7 Å². The highest BCUT2D eigenvalue weighted by Gasteiger charge is 2.45. The zero-order valence-corrected chi connectivity index (χ0v) is 20.4.